The second-order valence-corrected chi connectivity index (χ2v) is 7.39. The second kappa shape index (κ2) is 6.74. The van der Waals surface area contributed by atoms with Crippen molar-refractivity contribution in [3.63, 3.8) is 0 Å². The molecule has 1 saturated heterocycles. The zero-order valence-corrected chi connectivity index (χ0v) is 14.9. The van der Waals surface area contributed by atoms with E-state index in [1.807, 2.05) is 20.8 Å². The first-order chi connectivity index (χ1) is 10.7. The molecule has 8 heteroatoms. The summed E-state index contributed by atoms with van der Waals surface area (Å²) in [6.07, 6.45) is 0.360. The zero-order chi connectivity index (χ0) is 17.2. The van der Waals surface area contributed by atoms with E-state index in [9.17, 15) is 14.9 Å². The molecule has 126 valence electrons. The van der Waals surface area contributed by atoms with Crippen molar-refractivity contribution in [2.75, 3.05) is 18.4 Å². The molecule has 0 spiro atoms. The number of benzene rings is 1. The van der Waals surface area contributed by atoms with Gasteiger partial charge in [0.15, 0.2) is 0 Å². The number of nitro benzene ring substituents is 1. The van der Waals surface area contributed by atoms with Gasteiger partial charge in [-0.1, -0.05) is 15.9 Å². The molecule has 0 radical (unpaired) electrons. The lowest BCUT2D eigenvalue weighted by Crippen LogP contribution is -2.36. The number of nitrogens with zero attached hydrogens (tertiary/aromatic N) is 2. The molecule has 0 aromatic heterocycles. The number of carbonyl (C=O) groups is 1. The fraction of sp³-hybridized carbons (Fsp3) is 0.533. The van der Waals surface area contributed by atoms with Gasteiger partial charge in [-0.25, -0.2) is 4.79 Å². The van der Waals surface area contributed by atoms with Crippen molar-refractivity contribution in [2.45, 2.75) is 38.8 Å². The summed E-state index contributed by atoms with van der Waals surface area (Å²) >= 11 is 3.23. The summed E-state index contributed by atoms with van der Waals surface area (Å²) in [5.74, 6) is 0. The summed E-state index contributed by atoms with van der Waals surface area (Å²) < 4.78 is 5.99. The van der Waals surface area contributed by atoms with Gasteiger partial charge in [0.05, 0.1) is 4.92 Å². The standard InChI is InChI=1S/C15H20BrN3O4/c1-15(2,3)23-14(20)18-7-6-11(9-18)17-12-5-4-10(16)8-13(12)19(21)22/h4-5,8,11,17H,6-7,9H2,1-3H3/t11-/m0/s1. The lowest BCUT2D eigenvalue weighted by Gasteiger charge is -2.24. The number of hydrogen-bond acceptors (Lipinski definition) is 5. The van der Waals surface area contributed by atoms with Gasteiger partial charge in [0.25, 0.3) is 5.69 Å². The maximum absolute atomic E-state index is 12.0. The summed E-state index contributed by atoms with van der Waals surface area (Å²) in [5.41, 5.74) is -0.0723. The quantitative estimate of drug-likeness (QED) is 0.631. The minimum atomic E-state index is -0.535. The van der Waals surface area contributed by atoms with Crippen molar-refractivity contribution in [3.05, 3.63) is 32.8 Å². The Labute approximate surface area is 143 Å². The Morgan fingerprint density at radius 1 is 1.48 bits per heavy atom. The Hall–Kier alpha value is -1.83. The van der Waals surface area contributed by atoms with Crippen LogP contribution in [0, 0.1) is 10.1 Å². The SMILES string of the molecule is CC(C)(C)OC(=O)N1CC[C@H](Nc2ccc(Br)cc2[N+](=O)[O-])C1. The predicted octanol–water partition coefficient (Wildman–Crippen LogP) is 3.78. The third-order valence-corrected chi connectivity index (χ3v) is 3.85. The van der Waals surface area contributed by atoms with Gasteiger partial charge >= 0.3 is 6.09 Å². The molecule has 1 aromatic rings. The molecule has 0 bridgehead atoms. The second-order valence-electron chi connectivity index (χ2n) is 6.47. The van der Waals surface area contributed by atoms with Crippen molar-refractivity contribution in [2.24, 2.45) is 0 Å². The van der Waals surface area contributed by atoms with Crippen molar-refractivity contribution in [1.29, 1.82) is 0 Å². The fourth-order valence-electron chi connectivity index (χ4n) is 2.37. The van der Waals surface area contributed by atoms with Gasteiger partial charge in [-0.15, -0.1) is 0 Å². The Kier molecular flexibility index (Phi) is 5.13. The smallest absolute Gasteiger partial charge is 0.410 e. The number of nitro groups is 1. The van der Waals surface area contributed by atoms with Gasteiger partial charge in [-0.05, 0) is 39.3 Å². The maximum atomic E-state index is 12.0. The summed E-state index contributed by atoms with van der Waals surface area (Å²) in [5, 5.41) is 14.3. The van der Waals surface area contributed by atoms with Crippen LogP contribution >= 0.6 is 15.9 Å². The van der Waals surface area contributed by atoms with Crippen molar-refractivity contribution in [1.82, 2.24) is 4.90 Å². The first-order valence-corrected chi connectivity index (χ1v) is 8.13. The molecule has 1 aromatic carbocycles. The highest BCUT2D eigenvalue weighted by Crippen LogP contribution is 2.29. The fourth-order valence-corrected chi connectivity index (χ4v) is 2.72. The minimum Gasteiger partial charge on any atom is -0.444 e. The zero-order valence-electron chi connectivity index (χ0n) is 13.3. The van der Waals surface area contributed by atoms with E-state index in [-0.39, 0.29) is 17.8 Å². The molecule has 1 atom stereocenters. The Bertz CT molecular complexity index is 615. The molecule has 7 nitrogen and oxygen atoms in total. The average Bonchev–Trinajstić information content (AvgIpc) is 2.87. The highest BCUT2D eigenvalue weighted by atomic mass is 79.9. The van der Waals surface area contributed by atoms with Crippen molar-refractivity contribution in [3.8, 4) is 0 Å². The number of carbonyl (C=O) groups excluding carboxylic acids is 1. The van der Waals surface area contributed by atoms with Gasteiger partial charge in [0.1, 0.15) is 11.3 Å². The Balaban J connectivity index is 2.01. The van der Waals surface area contributed by atoms with Crippen LogP contribution in [0.2, 0.25) is 0 Å². The van der Waals surface area contributed by atoms with Crippen molar-refractivity contribution < 1.29 is 14.5 Å². The largest absolute Gasteiger partial charge is 0.444 e. The van der Waals surface area contributed by atoms with E-state index in [4.69, 9.17) is 4.74 Å². The topological polar surface area (TPSA) is 84.7 Å². The average molecular weight is 386 g/mol. The molecule has 0 aliphatic carbocycles. The lowest BCUT2D eigenvalue weighted by molar-refractivity contribution is -0.384. The maximum Gasteiger partial charge on any atom is 0.410 e. The molecule has 0 saturated carbocycles. The highest BCUT2D eigenvalue weighted by molar-refractivity contribution is 9.10. The van der Waals surface area contributed by atoms with E-state index in [2.05, 4.69) is 21.2 Å². The van der Waals surface area contributed by atoms with Crippen LogP contribution in [0.5, 0.6) is 0 Å². The van der Waals surface area contributed by atoms with E-state index in [0.29, 0.717) is 29.7 Å². The van der Waals surface area contributed by atoms with Crippen LogP contribution in [0.15, 0.2) is 22.7 Å². The number of anilines is 1. The number of ether oxygens (including phenoxy) is 1. The van der Waals surface area contributed by atoms with Crippen molar-refractivity contribution >= 4 is 33.4 Å². The van der Waals surface area contributed by atoms with Crippen LogP contribution in [-0.4, -0.2) is 40.6 Å². The molecule has 2 rings (SSSR count). The summed E-state index contributed by atoms with van der Waals surface area (Å²) in [6.45, 7) is 6.49. The van der Waals surface area contributed by atoms with Gasteiger partial charge in [0.2, 0.25) is 0 Å². The van der Waals surface area contributed by atoms with E-state index in [0.717, 1.165) is 0 Å². The minimum absolute atomic E-state index is 0.00935. The predicted molar refractivity (Wildman–Crippen MR) is 90.6 cm³/mol. The van der Waals surface area contributed by atoms with Gasteiger partial charge in [-0.3, -0.25) is 10.1 Å². The number of amides is 1. The van der Waals surface area contributed by atoms with Crippen LogP contribution in [-0.2, 0) is 4.74 Å². The lowest BCUT2D eigenvalue weighted by atomic mass is 10.2. The Morgan fingerprint density at radius 2 is 2.17 bits per heavy atom. The summed E-state index contributed by atoms with van der Waals surface area (Å²) in [4.78, 5) is 24.4. The Morgan fingerprint density at radius 3 is 2.78 bits per heavy atom. The van der Waals surface area contributed by atoms with E-state index in [1.54, 1.807) is 17.0 Å². The number of likely N-dealkylation sites (tertiary alicyclic amines) is 1. The monoisotopic (exact) mass is 385 g/mol. The van der Waals surface area contributed by atoms with E-state index < -0.39 is 10.5 Å². The number of hydrogen-bond donors (Lipinski definition) is 1. The first kappa shape index (κ1) is 17.5. The third-order valence-electron chi connectivity index (χ3n) is 3.36. The summed E-state index contributed by atoms with van der Waals surface area (Å²) in [7, 11) is 0. The molecule has 1 amide bonds. The number of rotatable bonds is 3. The molecular weight excluding hydrogens is 366 g/mol. The van der Waals surface area contributed by atoms with E-state index >= 15 is 0 Å². The molecule has 1 N–H and O–H groups in total. The van der Waals surface area contributed by atoms with Crippen LogP contribution in [0.25, 0.3) is 0 Å². The van der Waals surface area contributed by atoms with Crippen LogP contribution in [0.1, 0.15) is 27.2 Å². The summed E-state index contributed by atoms with van der Waals surface area (Å²) in [6, 6.07) is 4.83. The highest BCUT2D eigenvalue weighted by Gasteiger charge is 2.30. The van der Waals surface area contributed by atoms with Crippen LogP contribution in [0.4, 0.5) is 16.2 Å². The van der Waals surface area contributed by atoms with Gasteiger partial charge in [0, 0.05) is 29.7 Å². The van der Waals surface area contributed by atoms with Crippen LogP contribution in [0.3, 0.4) is 0 Å². The molecule has 1 aliphatic rings. The third kappa shape index (κ3) is 4.82. The van der Waals surface area contributed by atoms with Gasteiger partial charge < -0.3 is 15.0 Å². The molecule has 1 aliphatic heterocycles. The van der Waals surface area contributed by atoms with E-state index in [1.165, 1.54) is 6.07 Å². The normalized spacial score (nSPS) is 17.9. The number of halogens is 1. The molecule has 0 unspecified atom stereocenters. The molecule has 23 heavy (non-hydrogen) atoms. The van der Waals surface area contributed by atoms with Gasteiger partial charge in [-0.2, -0.15) is 0 Å². The van der Waals surface area contributed by atoms with Crippen LogP contribution < -0.4 is 5.32 Å². The molecule has 1 fully saturated rings. The molecule has 1 heterocycles. The first-order valence-electron chi connectivity index (χ1n) is 7.34. The molecular formula is C15H20BrN3O4. The number of nitrogens with one attached hydrogen (secondary N) is 1.